The Morgan fingerprint density at radius 1 is 1.50 bits per heavy atom. The molecule has 0 aromatic rings. The molecule has 78 valence electrons. The van der Waals surface area contributed by atoms with E-state index in [9.17, 15) is 9.90 Å². The molecule has 1 fully saturated rings. The number of likely N-dealkylation sites (tertiary alicyclic amines) is 1. The van der Waals surface area contributed by atoms with Crippen molar-refractivity contribution in [2.24, 2.45) is 11.7 Å². The Labute approximate surface area is 83.4 Å². The molecular weight excluding hydrogens is 180 g/mol. The molecule has 2 rings (SSSR count). The fraction of sp³-hybridized carbons (Fsp3) is 0.700. The maximum absolute atomic E-state index is 11.8. The molecule has 0 spiro atoms. The van der Waals surface area contributed by atoms with E-state index in [2.05, 4.69) is 0 Å². The molecule has 0 bridgehead atoms. The minimum atomic E-state index is -0.335. The van der Waals surface area contributed by atoms with Crippen molar-refractivity contribution in [2.75, 3.05) is 13.1 Å². The topological polar surface area (TPSA) is 66.6 Å². The number of aliphatic hydroxyl groups is 1. The van der Waals surface area contributed by atoms with E-state index in [1.165, 1.54) is 0 Å². The van der Waals surface area contributed by atoms with Gasteiger partial charge < -0.3 is 15.7 Å². The Morgan fingerprint density at radius 2 is 2.29 bits per heavy atom. The molecule has 0 aromatic heterocycles. The highest BCUT2D eigenvalue weighted by Gasteiger charge is 2.31. The van der Waals surface area contributed by atoms with Crippen LogP contribution in [0.15, 0.2) is 12.2 Å². The molecule has 1 saturated heterocycles. The molecule has 2 unspecified atom stereocenters. The van der Waals surface area contributed by atoms with Gasteiger partial charge in [-0.1, -0.05) is 12.2 Å². The smallest absolute Gasteiger partial charge is 0.229 e. The third-order valence-corrected chi connectivity index (χ3v) is 2.91. The Balaban J connectivity index is 1.93. The van der Waals surface area contributed by atoms with Gasteiger partial charge in [0, 0.05) is 19.1 Å². The van der Waals surface area contributed by atoms with Crippen molar-refractivity contribution in [1.82, 2.24) is 4.90 Å². The van der Waals surface area contributed by atoms with Gasteiger partial charge in [-0.15, -0.1) is 0 Å². The van der Waals surface area contributed by atoms with Crippen molar-refractivity contribution in [3.63, 3.8) is 0 Å². The van der Waals surface area contributed by atoms with E-state index >= 15 is 0 Å². The zero-order valence-corrected chi connectivity index (χ0v) is 8.10. The molecule has 1 amide bonds. The number of hydrogen-bond acceptors (Lipinski definition) is 3. The normalized spacial score (nSPS) is 36.7. The van der Waals surface area contributed by atoms with Crippen LogP contribution in [0.1, 0.15) is 12.8 Å². The van der Waals surface area contributed by atoms with E-state index in [1.54, 1.807) is 4.90 Å². The number of nitrogens with zero attached hydrogens (tertiary/aromatic N) is 1. The first-order chi connectivity index (χ1) is 6.66. The van der Waals surface area contributed by atoms with Crippen LogP contribution in [-0.4, -0.2) is 41.1 Å². The summed E-state index contributed by atoms with van der Waals surface area (Å²) in [6.07, 6.45) is 4.85. The van der Waals surface area contributed by atoms with Crippen LogP contribution >= 0.6 is 0 Å². The van der Waals surface area contributed by atoms with Gasteiger partial charge in [0.1, 0.15) is 0 Å². The van der Waals surface area contributed by atoms with Crippen LogP contribution in [0, 0.1) is 5.92 Å². The van der Waals surface area contributed by atoms with E-state index in [4.69, 9.17) is 5.73 Å². The summed E-state index contributed by atoms with van der Waals surface area (Å²) in [6, 6.07) is 0.0245. The van der Waals surface area contributed by atoms with E-state index in [-0.39, 0.29) is 24.0 Å². The molecule has 0 aromatic carbocycles. The van der Waals surface area contributed by atoms with Crippen molar-refractivity contribution >= 4 is 5.91 Å². The summed E-state index contributed by atoms with van der Waals surface area (Å²) in [5.74, 6) is 0.0565. The summed E-state index contributed by atoms with van der Waals surface area (Å²) < 4.78 is 0. The second-order valence-corrected chi connectivity index (χ2v) is 4.12. The van der Waals surface area contributed by atoms with Gasteiger partial charge in [-0.25, -0.2) is 0 Å². The molecule has 1 aliphatic carbocycles. The summed E-state index contributed by atoms with van der Waals surface area (Å²) in [5, 5.41) is 9.31. The summed E-state index contributed by atoms with van der Waals surface area (Å²) in [5.41, 5.74) is 5.68. The highest BCUT2D eigenvalue weighted by atomic mass is 16.3. The van der Waals surface area contributed by atoms with E-state index in [0.717, 1.165) is 0 Å². The Hall–Kier alpha value is -0.870. The third-order valence-electron chi connectivity index (χ3n) is 2.91. The molecule has 4 nitrogen and oxygen atoms in total. The summed E-state index contributed by atoms with van der Waals surface area (Å²) in [6.45, 7) is 1.16. The molecule has 1 heterocycles. The lowest BCUT2D eigenvalue weighted by Gasteiger charge is -2.19. The Kier molecular flexibility index (Phi) is 2.56. The summed E-state index contributed by atoms with van der Waals surface area (Å²) >= 11 is 0. The van der Waals surface area contributed by atoms with Gasteiger partial charge in [-0.05, 0) is 12.8 Å². The first-order valence-corrected chi connectivity index (χ1v) is 5.07. The lowest BCUT2D eigenvalue weighted by Crippen LogP contribution is -2.34. The highest BCUT2D eigenvalue weighted by molar-refractivity contribution is 5.81. The second kappa shape index (κ2) is 3.71. The predicted octanol–water partition coefficient (Wildman–Crippen LogP) is -0.517. The molecule has 14 heavy (non-hydrogen) atoms. The minimum absolute atomic E-state index is 0.0245. The summed E-state index contributed by atoms with van der Waals surface area (Å²) in [7, 11) is 0. The van der Waals surface area contributed by atoms with Crippen LogP contribution in [0.4, 0.5) is 0 Å². The molecule has 4 heteroatoms. The largest absolute Gasteiger partial charge is 0.391 e. The van der Waals surface area contributed by atoms with Gasteiger partial charge in [0.2, 0.25) is 5.91 Å². The Bertz CT molecular complexity index is 265. The SMILES string of the molecule is NC1C=CC(C(=O)N2CC[C@H](O)C2)C1. The Morgan fingerprint density at radius 3 is 2.79 bits per heavy atom. The monoisotopic (exact) mass is 196 g/mol. The van der Waals surface area contributed by atoms with Crippen LogP contribution in [0.2, 0.25) is 0 Å². The predicted molar refractivity (Wildman–Crippen MR) is 52.4 cm³/mol. The number of β-amino-alcohol motifs (C(OH)–C–C–N with tert-alkyl or cyclic N) is 1. The summed E-state index contributed by atoms with van der Waals surface area (Å²) in [4.78, 5) is 13.6. The van der Waals surface area contributed by atoms with Crippen molar-refractivity contribution in [3.05, 3.63) is 12.2 Å². The fourth-order valence-corrected chi connectivity index (χ4v) is 2.09. The van der Waals surface area contributed by atoms with Crippen molar-refractivity contribution in [3.8, 4) is 0 Å². The number of carbonyl (C=O) groups is 1. The fourth-order valence-electron chi connectivity index (χ4n) is 2.09. The standard InChI is InChI=1S/C10H16N2O2/c11-8-2-1-7(5-8)10(14)12-4-3-9(13)6-12/h1-2,7-9,13H,3-6,11H2/t7?,8?,9-/m0/s1. The molecule has 1 aliphatic heterocycles. The zero-order valence-electron chi connectivity index (χ0n) is 8.10. The molecule has 3 atom stereocenters. The van der Waals surface area contributed by atoms with Crippen molar-refractivity contribution in [2.45, 2.75) is 25.0 Å². The number of hydrogen-bond donors (Lipinski definition) is 2. The lowest BCUT2D eigenvalue weighted by atomic mass is 10.1. The van der Waals surface area contributed by atoms with Gasteiger partial charge in [-0.2, -0.15) is 0 Å². The van der Waals surface area contributed by atoms with Gasteiger partial charge in [-0.3, -0.25) is 4.79 Å². The quantitative estimate of drug-likeness (QED) is 0.555. The maximum Gasteiger partial charge on any atom is 0.229 e. The maximum atomic E-state index is 11.8. The number of carbonyl (C=O) groups excluding carboxylic acids is 1. The van der Waals surface area contributed by atoms with Gasteiger partial charge >= 0.3 is 0 Å². The van der Waals surface area contributed by atoms with Crippen LogP contribution in [0.25, 0.3) is 0 Å². The second-order valence-electron chi connectivity index (χ2n) is 4.12. The van der Waals surface area contributed by atoms with Crippen LogP contribution in [0.3, 0.4) is 0 Å². The van der Waals surface area contributed by atoms with E-state index < -0.39 is 0 Å². The molecule has 0 radical (unpaired) electrons. The lowest BCUT2D eigenvalue weighted by molar-refractivity contribution is -0.133. The van der Waals surface area contributed by atoms with Crippen LogP contribution < -0.4 is 5.73 Å². The molecule has 0 saturated carbocycles. The zero-order chi connectivity index (χ0) is 10.1. The number of aliphatic hydroxyl groups excluding tert-OH is 1. The highest BCUT2D eigenvalue weighted by Crippen LogP contribution is 2.21. The van der Waals surface area contributed by atoms with Gasteiger partial charge in [0.05, 0.1) is 12.0 Å². The first-order valence-electron chi connectivity index (χ1n) is 5.07. The van der Waals surface area contributed by atoms with Crippen molar-refractivity contribution in [1.29, 1.82) is 0 Å². The molecular formula is C10H16N2O2. The first kappa shape index (κ1) is 9.68. The van der Waals surface area contributed by atoms with Crippen LogP contribution in [-0.2, 0) is 4.79 Å². The molecule has 2 aliphatic rings. The minimum Gasteiger partial charge on any atom is -0.391 e. The van der Waals surface area contributed by atoms with E-state index in [0.29, 0.717) is 25.9 Å². The number of amides is 1. The van der Waals surface area contributed by atoms with Gasteiger partial charge in [0.25, 0.3) is 0 Å². The van der Waals surface area contributed by atoms with E-state index in [1.807, 2.05) is 12.2 Å². The third kappa shape index (κ3) is 1.81. The average Bonchev–Trinajstić information content (AvgIpc) is 2.73. The molecule has 3 N–H and O–H groups in total. The number of nitrogens with two attached hydrogens (primary N) is 1. The van der Waals surface area contributed by atoms with Crippen LogP contribution in [0.5, 0.6) is 0 Å². The van der Waals surface area contributed by atoms with Crippen molar-refractivity contribution < 1.29 is 9.90 Å². The van der Waals surface area contributed by atoms with Gasteiger partial charge in [0.15, 0.2) is 0 Å². The average molecular weight is 196 g/mol. The number of rotatable bonds is 1.